The summed E-state index contributed by atoms with van der Waals surface area (Å²) in [4.78, 5) is 0. The Morgan fingerprint density at radius 2 is 1.73 bits per heavy atom. The van der Waals surface area contributed by atoms with Crippen LogP contribution >= 0.6 is 0 Å². The Morgan fingerprint density at radius 3 is 2.13 bits per heavy atom. The standard InChI is InChI=1S/C12H12N2O/c1-8-4-11(7-14)5-9(2)12(8)15-10(3)6-13/h4-5,10H,1-3H3. The minimum Gasteiger partial charge on any atom is -0.475 e. The van der Waals surface area contributed by atoms with Gasteiger partial charge in [0.05, 0.1) is 11.6 Å². The van der Waals surface area contributed by atoms with Gasteiger partial charge in [0.15, 0.2) is 6.10 Å². The SMILES string of the molecule is Cc1cc(C#N)cc(C)c1OC(C)C#N. The predicted octanol–water partition coefficient (Wildman–Crippen LogP) is 2.47. The van der Waals surface area contributed by atoms with Crippen molar-refractivity contribution in [3.63, 3.8) is 0 Å². The van der Waals surface area contributed by atoms with Crippen molar-refractivity contribution in [1.82, 2.24) is 0 Å². The third kappa shape index (κ3) is 2.48. The highest BCUT2D eigenvalue weighted by Gasteiger charge is 2.09. The molecule has 0 spiro atoms. The fraction of sp³-hybridized carbons (Fsp3) is 0.333. The number of benzene rings is 1. The summed E-state index contributed by atoms with van der Waals surface area (Å²) in [7, 11) is 0. The van der Waals surface area contributed by atoms with Gasteiger partial charge < -0.3 is 4.74 Å². The van der Waals surface area contributed by atoms with Crippen molar-refractivity contribution in [1.29, 1.82) is 10.5 Å². The van der Waals surface area contributed by atoms with Crippen LogP contribution in [-0.2, 0) is 0 Å². The van der Waals surface area contributed by atoms with E-state index < -0.39 is 6.10 Å². The maximum Gasteiger partial charge on any atom is 0.181 e. The summed E-state index contributed by atoms with van der Waals surface area (Å²) in [5.74, 6) is 0.697. The lowest BCUT2D eigenvalue weighted by atomic mass is 10.1. The number of aryl methyl sites for hydroxylation is 2. The molecule has 3 nitrogen and oxygen atoms in total. The van der Waals surface area contributed by atoms with Crippen molar-refractivity contribution in [2.45, 2.75) is 26.9 Å². The second-order valence-corrected chi connectivity index (χ2v) is 3.44. The molecule has 1 aromatic rings. The Bertz CT molecular complexity index is 429. The monoisotopic (exact) mass is 200 g/mol. The normalized spacial score (nSPS) is 11.3. The van der Waals surface area contributed by atoms with Crippen LogP contribution in [0.1, 0.15) is 23.6 Å². The zero-order chi connectivity index (χ0) is 11.4. The first-order chi connectivity index (χ1) is 7.08. The Hall–Kier alpha value is -2.00. The molecule has 0 aliphatic heterocycles. The van der Waals surface area contributed by atoms with Crippen LogP contribution in [0.5, 0.6) is 5.75 Å². The summed E-state index contributed by atoms with van der Waals surface area (Å²) in [6, 6.07) is 7.60. The summed E-state index contributed by atoms with van der Waals surface area (Å²) in [6.07, 6.45) is -0.477. The molecule has 0 N–H and O–H groups in total. The third-order valence-electron chi connectivity index (χ3n) is 2.07. The second kappa shape index (κ2) is 4.48. The van der Waals surface area contributed by atoms with Crippen LogP contribution in [0.15, 0.2) is 12.1 Å². The van der Waals surface area contributed by atoms with E-state index >= 15 is 0 Å². The van der Waals surface area contributed by atoms with Crippen LogP contribution in [-0.4, -0.2) is 6.10 Å². The van der Waals surface area contributed by atoms with Gasteiger partial charge in [-0.05, 0) is 44.0 Å². The first-order valence-electron chi connectivity index (χ1n) is 4.66. The minimum absolute atomic E-state index is 0.477. The van der Waals surface area contributed by atoms with E-state index in [1.54, 1.807) is 19.1 Å². The highest BCUT2D eigenvalue weighted by atomic mass is 16.5. The lowest BCUT2D eigenvalue weighted by Gasteiger charge is -2.13. The van der Waals surface area contributed by atoms with Crippen LogP contribution in [0.4, 0.5) is 0 Å². The molecule has 0 aromatic heterocycles. The van der Waals surface area contributed by atoms with Crippen molar-refractivity contribution in [2.75, 3.05) is 0 Å². The number of nitrogens with zero attached hydrogens (tertiary/aromatic N) is 2. The molecule has 0 aliphatic rings. The molecule has 0 saturated heterocycles. The molecule has 3 heteroatoms. The van der Waals surface area contributed by atoms with Gasteiger partial charge in [0.1, 0.15) is 11.8 Å². The van der Waals surface area contributed by atoms with Gasteiger partial charge in [0.25, 0.3) is 0 Å². The zero-order valence-electron chi connectivity index (χ0n) is 9.03. The molecule has 0 saturated carbocycles. The molecular weight excluding hydrogens is 188 g/mol. The first-order valence-corrected chi connectivity index (χ1v) is 4.66. The highest BCUT2D eigenvalue weighted by Crippen LogP contribution is 2.25. The van der Waals surface area contributed by atoms with Gasteiger partial charge in [-0.1, -0.05) is 0 Å². The van der Waals surface area contributed by atoms with Gasteiger partial charge in [-0.2, -0.15) is 10.5 Å². The molecule has 1 unspecified atom stereocenters. The van der Waals surface area contributed by atoms with Crippen LogP contribution in [0.2, 0.25) is 0 Å². The molecule has 15 heavy (non-hydrogen) atoms. The summed E-state index contributed by atoms with van der Waals surface area (Å²) in [5.41, 5.74) is 2.38. The second-order valence-electron chi connectivity index (χ2n) is 3.44. The summed E-state index contributed by atoms with van der Waals surface area (Å²) >= 11 is 0. The molecule has 0 amide bonds. The van der Waals surface area contributed by atoms with E-state index in [2.05, 4.69) is 6.07 Å². The quantitative estimate of drug-likeness (QED) is 0.736. The maximum atomic E-state index is 8.76. The van der Waals surface area contributed by atoms with Crippen molar-refractivity contribution in [2.24, 2.45) is 0 Å². The van der Waals surface area contributed by atoms with E-state index in [0.717, 1.165) is 11.1 Å². The van der Waals surface area contributed by atoms with Crippen LogP contribution < -0.4 is 4.74 Å². The van der Waals surface area contributed by atoms with Crippen molar-refractivity contribution in [3.05, 3.63) is 28.8 Å². The molecule has 76 valence electrons. The van der Waals surface area contributed by atoms with E-state index in [1.165, 1.54) is 0 Å². The van der Waals surface area contributed by atoms with Gasteiger partial charge in [-0.15, -0.1) is 0 Å². The molecule has 1 aromatic carbocycles. The summed E-state index contributed by atoms with van der Waals surface area (Å²) < 4.78 is 5.45. The summed E-state index contributed by atoms with van der Waals surface area (Å²) in [6.45, 7) is 5.43. The third-order valence-corrected chi connectivity index (χ3v) is 2.07. The fourth-order valence-corrected chi connectivity index (χ4v) is 1.40. The predicted molar refractivity (Wildman–Crippen MR) is 56.3 cm³/mol. The molecular formula is C12H12N2O. The lowest BCUT2D eigenvalue weighted by molar-refractivity contribution is 0.272. The molecule has 0 bridgehead atoms. The minimum atomic E-state index is -0.477. The maximum absolute atomic E-state index is 8.76. The number of rotatable bonds is 2. The average molecular weight is 200 g/mol. The Labute approximate surface area is 89.5 Å². The molecule has 0 heterocycles. The number of nitriles is 2. The smallest absolute Gasteiger partial charge is 0.181 e. The van der Waals surface area contributed by atoms with Gasteiger partial charge in [-0.25, -0.2) is 0 Å². The van der Waals surface area contributed by atoms with Gasteiger partial charge in [0.2, 0.25) is 0 Å². The number of ether oxygens (including phenoxy) is 1. The largest absolute Gasteiger partial charge is 0.475 e. The average Bonchev–Trinajstić information content (AvgIpc) is 2.22. The number of hydrogen-bond acceptors (Lipinski definition) is 3. The van der Waals surface area contributed by atoms with Crippen LogP contribution in [0.25, 0.3) is 0 Å². The summed E-state index contributed by atoms with van der Waals surface area (Å²) in [5, 5.41) is 17.4. The topological polar surface area (TPSA) is 56.8 Å². The highest BCUT2D eigenvalue weighted by molar-refractivity contribution is 5.47. The van der Waals surface area contributed by atoms with Crippen molar-refractivity contribution in [3.8, 4) is 17.9 Å². The van der Waals surface area contributed by atoms with Gasteiger partial charge in [0, 0.05) is 0 Å². The van der Waals surface area contributed by atoms with Gasteiger partial charge in [-0.3, -0.25) is 0 Å². The van der Waals surface area contributed by atoms with E-state index in [4.69, 9.17) is 15.3 Å². The van der Waals surface area contributed by atoms with E-state index in [1.807, 2.05) is 19.9 Å². The molecule has 0 radical (unpaired) electrons. The van der Waals surface area contributed by atoms with Gasteiger partial charge >= 0.3 is 0 Å². The Morgan fingerprint density at radius 1 is 1.20 bits per heavy atom. The molecule has 1 rings (SSSR count). The molecule has 1 atom stereocenters. The van der Waals surface area contributed by atoms with Crippen LogP contribution in [0, 0.1) is 36.5 Å². The van der Waals surface area contributed by atoms with E-state index in [9.17, 15) is 0 Å². The van der Waals surface area contributed by atoms with E-state index in [0.29, 0.717) is 11.3 Å². The molecule has 0 fully saturated rings. The van der Waals surface area contributed by atoms with Crippen molar-refractivity contribution < 1.29 is 4.74 Å². The first kappa shape index (κ1) is 11.1. The number of hydrogen-bond donors (Lipinski definition) is 0. The lowest BCUT2D eigenvalue weighted by Crippen LogP contribution is -2.10. The van der Waals surface area contributed by atoms with E-state index in [-0.39, 0.29) is 0 Å². The Balaban J connectivity index is 3.11. The van der Waals surface area contributed by atoms with Crippen LogP contribution in [0.3, 0.4) is 0 Å². The van der Waals surface area contributed by atoms with Crippen molar-refractivity contribution >= 4 is 0 Å². The fourth-order valence-electron chi connectivity index (χ4n) is 1.40. The Kier molecular flexibility index (Phi) is 3.31. The zero-order valence-corrected chi connectivity index (χ0v) is 9.03. The molecule has 0 aliphatic carbocycles.